The fourth-order valence-corrected chi connectivity index (χ4v) is 3.35. The average molecular weight is 227 g/mol. The summed E-state index contributed by atoms with van der Waals surface area (Å²) >= 11 is 7.99. The van der Waals surface area contributed by atoms with E-state index in [0.29, 0.717) is 5.41 Å². The monoisotopic (exact) mass is 226 g/mol. The zero-order valence-corrected chi connectivity index (χ0v) is 10.2. The Hall–Kier alpha value is -0.270. The van der Waals surface area contributed by atoms with Crippen LogP contribution < -0.4 is 0 Å². The third-order valence-electron chi connectivity index (χ3n) is 2.69. The highest BCUT2D eigenvalue weighted by molar-refractivity contribution is 7.08. The van der Waals surface area contributed by atoms with Crippen molar-refractivity contribution in [3.05, 3.63) is 28.5 Å². The lowest BCUT2D eigenvalue weighted by molar-refractivity contribution is 0.340. The maximum atomic E-state index is 6.24. The minimum atomic E-state index is 0.202. The third kappa shape index (κ3) is 2.21. The van der Waals surface area contributed by atoms with Crippen molar-refractivity contribution in [3.63, 3.8) is 0 Å². The van der Waals surface area contributed by atoms with E-state index >= 15 is 0 Å². The Morgan fingerprint density at radius 2 is 2.29 bits per heavy atom. The van der Waals surface area contributed by atoms with Crippen molar-refractivity contribution in [2.24, 2.45) is 5.41 Å². The normalized spacial score (nSPS) is 25.9. The molecule has 0 aliphatic heterocycles. The summed E-state index contributed by atoms with van der Waals surface area (Å²) in [5, 5.41) is 4.53. The first kappa shape index (κ1) is 10.3. The maximum Gasteiger partial charge on any atom is 0.0527 e. The summed E-state index contributed by atoms with van der Waals surface area (Å²) in [6.45, 7) is 4.59. The van der Waals surface area contributed by atoms with Gasteiger partial charge in [0.2, 0.25) is 0 Å². The van der Waals surface area contributed by atoms with Crippen LogP contribution in [0.15, 0.2) is 22.9 Å². The molecule has 1 aromatic heterocycles. The molecule has 0 nitrogen and oxygen atoms in total. The minimum absolute atomic E-state index is 0.202. The summed E-state index contributed by atoms with van der Waals surface area (Å²) in [6.07, 6.45) is 4.45. The quantitative estimate of drug-likeness (QED) is 0.616. The van der Waals surface area contributed by atoms with Crippen LogP contribution in [-0.2, 0) is 0 Å². The molecule has 0 spiro atoms. The lowest BCUT2D eigenvalue weighted by Crippen LogP contribution is -2.21. The van der Waals surface area contributed by atoms with Crippen molar-refractivity contribution in [1.82, 2.24) is 0 Å². The van der Waals surface area contributed by atoms with Crippen LogP contribution in [0.5, 0.6) is 0 Å². The van der Waals surface area contributed by atoms with Gasteiger partial charge in [0, 0.05) is 0 Å². The lowest BCUT2D eigenvalue weighted by Gasteiger charge is -2.32. The van der Waals surface area contributed by atoms with Crippen molar-refractivity contribution >= 4 is 28.5 Å². The standard InChI is InChI=1S/C12H15ClS/c1-12(2)6-10(5-11(13)7-12)9-3-4-14-8-9/h3-5,8,11H,6-7H2,1-2H3. The molecule has 1 unspecified atom stereocenters. The van der Waals surface area contributed by atoms with Crippen LogP contribution in [0.2, 0.25) is 0 Å². The first-order valence-corrected chi connectivity index (χ1v) is 6.32. The molecule has 76 valence electrons. The Morgan fingerprint density at radius 1 is 1.50 bits per heavy atom. The van der Waals surface area contributed by atoms with Gasteiger partial charge in [0.05, 0.1) is 5.38 Å². The Balaban J connectivity index is 2.28. The number of hydrogen-bond acceptors (Lipinski definition) is 1. The Kier molecular flexibility index (Phi) is 2.72. The van der Waals surface area contributed by atoms with Crippen LogP contribution in [0.25, 0.3) is 5.57 Å². The number of alkyl halides is 1. The highest BCUT2D eigenvalue weighted by Crippen LogP contribution is 2.41. The smallest absolute Gasteiger partial charge is 0.0527 e. The fraction of sp³-hybridized carbons (Fsp3) is 0.500. The molecular formula is C12H15ClS. The predicted molar refractivity (Wildman–Crippen MR) is 65.0 cm³/mol. The van der Waals surface area contributed by atoms with Crippen molar-refractivity contribution in [1.29, 1.82) is 0 Å². The molecule has 0 bridgehead atoms. The van der Waals surface area contributed by atoms with Gasteiger partial charge in [-0.15, -0.1) is 11.6 Å². The van der Waals surface area contributed by atoms with Gasteiger partial charge in [-0.3, -0.25) is 0 Å². The Bertz CT molecular complexity index is 335. The van der Waals surface area contributed by atoms with E-state index in [4.69, 9.17) is 11.6 Å². The molecule has 0 N–H and O–H groups in total. The summed E-state index contributed by atoms with van der Waals surface area (Å²) in [6, 6.07) is 2.18. The molecule has 1 heterocycles. The van der Waals surface area contributed by atoms with Gasteiger partial charge >= 0.3 is 0 Å². The molecule has 0 saturated heterocycles. The topological polar surface area (TPSA) is 0 Å². The average Bonchev–Trinajstić information content (AvgIpc) is 2.51. The molecule has 0 saturated carbocycles. The molecule has 14 heavy (non-hydrogen) atoms. The molecule has 1 aromatic rings. The van der Waals surface area contributed by atoms with E-state index in [2.05, 4.69) is 36.7 Å². The van der Waals surface area contributed by atoms with Gasteiger partial charge in [-0.05, 0) is 46.2 Å². The third-order valence-corrected chi connectivity index (χ3v) is 3.65. The fourth-order valence-electron chi connectivity index (χ4n) is 2.10. The molecule has 0 radical (unpaired) electrons. The molecule has 0 amide bonds. The van der Waals surface area contributed by atoms with Gasteiger partial charge in [-0.2, -0.15) is 11.3 Å². The predicted octanol–water partition coefficient (Wildman–Crippen LogP) is 4.56. The van der Waals surface area contributed by atoms with Crippen molar-refractivity contribution in [2.75, 3.05) is 0 Å². The molecular weight excluding hydrogens is 212 g/mol. The number of halogens is 1. The summed E-state index contributed by atoms with van der Waals surface area (Å²) in [5.41, 5.74) is 3.12. The van der Waals surface area contributed by atoms with E-state index in [-0.39, 0.29) is 5.38 Å². The number of thiophene rings is 1. The van der Waals surface area contributed by atoms with E-state index in [0.717, 1.165) is 12.8 Å². The van der Waals surface area contributed by atoms with Gasteiger partial charge in [0.1, 0.15) is 0 Å². The molecule has 1 aliphatic carbocycles. The van der Waals surface area contributed by atoms with Gasteiger partial charge in [0.15, 0.2) is 0 Å². The maximum absolute atomic E-state index is 6.24. The molecule has 2 rings (SSSR count). The number of hydrogen-bond donors (Lipinski definition) is 0. The summed E-state index contributed by atoms with van der Waals surface area (Å²) < 4.78 is 0. The van der Waals surface area contributed by atoms with E-state index in [1.807, 2.05) is 0 Å². The van der Waals surface area contributed by atoms with Crippen LogP contribution in [0.1, 0.15) is 32.3 Å². The van der Waals surface area contributed by atoms with Crippen LogP contribution in [0.3, 0.4) is 0 Å². The first-order valence-electron chi connectivity index (χ1n) is 4.94. The van der Waals surface area contributed by atoms with E-state index in [1.165, 1.54) is 11.1 Å². The van der Waals surface area contributed by atoms with Crippen molar-refractivity contribution < 1.29 is 0 Å². The number of rotatable bonds is 1. The first-order chi connectivity index (χ1) is 6.57. The van der Waals surface area contributed by atoms with Crippen molar-refractivity contribution in [2.45, 2.75) is 32.1 Å². The summed E-state index contributed by atoms with van der Waals surface area (Å²) in [4.78, 5) is 0. The second kappa shape index (κ2) is 3.71. The van der Waals surface area contributed by atoms with Crippen LogP contribution in [0, 0.1) is 5.41 Å². The minimum Gasteiger partial charge on any atom is -0.152 e. The van der Waals surface area contributed by atoms with E-state index in [9.17, 15) is 0 Å². The Morgan fingerprint density at radius 3 is 2.86 bits per heavy atom. The zero-order chi connectivity index (χ0) is 10.2. The van der Waals surface area contributed by atoms with Gasteiger partial charge in [0.25, 0.3) is 0 Å². The summed E-state index contributed by atoms with van der Waals surface area (Å²) in [5.74, 6) is 0. The van der Waals surface area contributed by atoms with E-state index < -0.39 is 0 Å². The summed E-state index contributed by atoms with van der Waals surface area (Å²) in [7, 11) is 0. The van der Waals surface area contributed by atoms with Crippen LogP contribution in [0.4, 0.5) is 0 Å². The van der Waals surface area contributed by atoms with Crippen molar-refractivity contribution in [3.8, 4) is 0 Å². The number of allylic oxidation sites excluding steroid dienone is 2. The van der Waals surface area contributed by atoms with Gasteiger partial charge < -0.3 is 0 Å². The molecule has 2 heteroatoms. The zero-order valence-electron chi connectivity index (χ0n) is 8.59. The van der Waals surface area contributed by atoms with Gasteiger partial charge in [-0.25, -0.2) is 0 Å². The second-order valence-corrected chi connectivity index (χ2v) is 6.11. The lowest BCUT2D eigenvalue weighted by atomic mass is 9.76. The molecule has 0 fully saturated rings. The SMILES string of the molecule is CC1(C)CC(c2ccsc2)=CC(Cl)C1. The second-order valence-electron chi connectivity index (χ2n) is 4.77. The highest BCUT2D eigenvalue weighted by atomic mass is 35.5. The van der Waals surface area contributed by atoms with Crippen LogP contribution in [-0.4, -0.2) is 5.38 Å². The molecule has 1 atom stereocenters. The van der Waals surface area contributed by atoms with Crippen LogP contribution >= 0.6 is 22.9 Å². The van der Waals surface area contributed by atoms with E-state index in [1.54, 1.807) is 11.3 Å². The molecule has 1 aliphatic rings. The Labute approximate surface area is 94.6 Å². The van der Waals surface area contributed by atoms with Gasteiger partial charge in [-0.1, -0.05) is 19.9 Å². The highest BCUT2D eigenvalue weighted by Gasteiger charge is 2.28. The largest absolute Gasteiger partial charge is 0.152 e. The molecule has 0 aromatic carbocycles.